The number of ether oxygens (including phenoxy) is 1. The molecule has 0 aliphatic rings. The van der Waals surface area contributed by atoms with Gasteiger partial charge >= 0.3 is 0 Å². The van der Waals surface area contributed by atoms with Crippen molar-refractivity contribution in [1.82, 2.24) is 14.3 Å². The Bertz CT molecular complexity index is 778. The Hall–Kier alpha value is -2.43. The summed E-state index contributed by atoms with van der Waals surface area (Å²) in [5.41, 5.74) is 11.0. The number of anilines is 1. The highest BCUT2D eigenvalue weighted by molar-refractivity contribution is 6.02. The molecular formula is C15H18N4O. The molecule has 0 saturated heterocycles. The molecule has 5 heteroatoms. The van der Waals surface area contributed by atoms with E-state index >= 15 is 0 Å². The Morgan fingerprint density at radius 1 is 1.25 bits per heavy atom. The third kappa shape index (κ3) is 1.52. The molecule has 2 N–H and O–H groups in total. The summed E-state index contributed by atoms with van der Waals surface area (Å²) in [4.78, 5) is 0. The van der Waals surface area contributed by atoms with E-state index in [-0.39, 0.29) is 0 Å². The second kappa shape index (κ2) is 4.30. The van der Waals surface area contributed by atoms with Crippen molar-refractivity contribution in [2.24, 2.45) is 14.1 Å². The van der Waals surface area contributed by atoms with Gasteiger partial charge in [-0.2, -0.15) is 5.10 Å². The number of aromatic nitrogens is 3. The zero-order valence-electron chi connectivity index (χ0n) is 12.1. The van der Waals surface area contributed by atoms with Gasteiger partial charge < -0.3 is 15.0 Å². The van der Waals surface area contributed by atoms with Crippen molar-refractivity contribution in [3.63, 3.8) is 0 Å². The van der Waals surface area contributed by atoms with Gasteiger partial charge in [-0.15, -0.1) is 0 Å². The number of aryl methyl sites for hydroxylation is 2. The van der Waals surface area contributed by atoms with E-state index in [0.29, 0.717) is 5.69 Å². The van der Waals surface area contributed by atoms with Crippen LogP contribution in [-0.2, 0) is 14.1 Å². The van der Waals surface area contributed by atoms with E-state index in [0.717, 1.165) is 33.6 Å². The predicted molar refractivity (Wildman–Crippen MR) is 80.8 cm³/mol. The minimum atomic E-state index is 0.686. The molecule has 0 saturated carbocycles. The van der Waals surface area contributed by atoms with Crippen molar-refractivity contribution < 1.29 is 4.74 Å². The van der Waals surface area contributed by atoms with Crippen LogP contribution in [0.15, 0.2) is 24.4 Å². The first-order valence-electron chi connectivity index (χ1n) is 6.46. The fourth-order valence-electron chi connectivity index (χ4n) is 2.82. The van der Waals surface area contributed by atoms with Crippen LogP contribution < -0.4 is 10.5 Å². The van der Waals surface area contributed by atoms with Crippen LogP contribution in [0.2, 0.25) is 0 Å². The standard InChI is InChI=1S/C15H18N4O/c1-9-13(15-11(16)8-17-19(15)3)10-6-5-7-12(20-4)14(10)18(9)2/h5-8H,16H2,1-4H3. The molecule has 5 nitrogen and oxygen atoms in total. The molecule has 1 aromatic carbocycles. The number of benzene rings is 1. The van der Waals surface area contributed by atoms with Gasteiger partial charge in [-0.3, -0.25) is 4.68 Å². The number of nitrogen functional groups attached to an aromatic ring is 1. The quantitative estimate of drug-likeness (QED) is 0.778. The van der Waals surface area contributed by atoms with Crippen LogP contribution in [0.4, 0.5) is 5.69 Å². The fourth-order valence-corrected chi connectivity index (χ4v) is 2.82. The average molecular weight is 270 g/mol. The number of nitrogens with two attached hydrogens (primary N) is 1. The van der Waals surface area contributed by atoms with Crippen molar-refractivity contribution >= 4 is 16.6 Å². The number of nitrogens with zero attached hydrogens (tertiary/aromatic N) is 3. The topological polar surface area (TPSA) is 58.0 Å². The zero-order valence-corrected chi connectivity index (χ0v) is 12.1. The Balaban J connectivity index is 2.47. The third-order valence-electron chi connectivity index (χ3n) is 3.89. The summed E-state index contributed by atoms with van der Waals surface area (Å²) in [6.07, 6.45) is 1.69. The Morgan fingerprint density at radius 2 is 2.00 bits per heavy atom. The zero-order chi connectivity index (χ0) is 14.4. The maximum Gasteiger partial charge on any atom is 0.143 e. The Kier molecular flexibility index (Phi) is 2.71. The third-order valence-corrected chi connectivity index (χ3v) is 3.89. The van der Waals surface area contributed by atoms with Gasteiger partial charge in [0.05, 0.1) is 30.2 Å². The van der Waals surface area contributed by atoms with Gasteiger partial charge in [0.2, 0.25) is 0 Å². The molecule has 0 radical (unpaired) electrons. The van der Waals surface area contributed by atoms with E-state index in [9.17, 15) is 0 Å². The lowest BCUT2D eigenvalue weighted by Crippen LogP contribution is -1.98. The van der Waals surface area contributed by atoms with Crippen molar-refractivity contribution in [2.45, 2.75) is 6.92 Å². The van der Waals surface area contributed by atoms with E-state index in [1.165, 1.54) is 0 Å². The molecule has 0 aliphatic heterocycles. The number of para-hydroxylation sites is 1. The Morgan fingerprint density at radius 3 is 2.60 bits per heavy atom. The van der Waals surface area contributed by atoms with Gasteiger partial charge in [0.15, 0.2) is 0 Å². The number of rotatable bonds is 2. The lowest BCUT2D eigenvalue weighted by Gasteiger charge is -2.05. The minimum Gasteiger partial charge on any atom is -0.495 e. The molecule has 3 aromatic rings. The molecule has 2 heterocycles. The monoisotopic (exact) mass is 270 g/mol. The number of hydrogen-bond acceptors (Lipinski definition) is 3. The average Bonchev–Trinajstić information content (AvgIpc) is 2.89. The van der Waals surface area contributed by atoms with Crippen molar-refractivity contribution in [3.8, 4) is 17.0 Å². The van der Waals surface area contributed by atoms with Crippen LogP contribution in [0.5, 0.6) is 5.75 Å². The highest BCUT2D eigenvalue weighted by atomic mass is 16.5. The lowest BCUT2D eigenvalue weighted by atomic mass is 10.1. The molecule has 0 spiro atoms. The van der Waals surface area contributed by atoms with E-state index < -0.39 is 0 Å². The molecule has 0 atom stereocenters. The van der Waals surface area contributed by atoms with Gasteiger partial charge in [0.1, 0.15) is 5.75 Å². The molecule has 0 amide bonds. The Labute approximate surface area is 117 Å². The van der Waals surface area contributed by atoms with E-state index in [1.807, 2.05) is 30.9 Å². The highest BCUT2D eigenvalue weighted by Gasteiger charge is 2.20. The van der Waals surface area contributed by atoms with Crippen molar-refractivity contribution in [1.29, 1.82) is 0 Å². The first kappa shape index (κ1) is 12.6. The van der Waals surface area contributed by atoms with Crippen molar-refractivity contribution in [2.75, 3.05) is 12.8 Å². The lowest BCUT2D eigenvalue weighted by molar-refractivity contribution is 0.418. The number of hydrogen-bond donors (Lipinski definition) is 1. The summed E-state index contributed by atoms with van der Waals surface area (Å²) in [5.74, 6) is 0.861. The molecule has 0 aliphatic carbocycles. The van der Waals surface area contributed by atoms with Gasteiger partial charge in [0.25, 0.3) is 0 Å². The number of methoxy groups -OCH3 is 1. The van der Waals surface area contributed by atoms with Gasteiger partial charge in [-0.25, -0.2) is 0 Å². The first-order valence-corrected chi connectivity index (χ1v) is 6.46. The summed E-state index contributed by atoms with van der Waals surface area (Å²) in [7, 11) is 5.63. The summed E-state index contributed by atoms with van der Waals surface area (Å²) < 4.78 is 9.43. The number of fused-ring (bicyclic) bond motifs is 1. The van der Waals surface area contributed by atoms with E-state index in [1.54, 1.807) is 13.3 Å². The molecule has 20 heavy (non-hydrogen) atoms. The van der Waals surface area contributed by atoms with Crippen LogP contribution in [-0.4, -0.2) is 21.5 Å². The summed E-state index contributed by atoms with van der Waals surface area (Å²) in [6.45, 7) is 2.08. The van der Waals surface area contributed by atoms with Crippen LogP contribution in [0.25, 0.3) is 22.2 Å². The maximum atomic E-state index is 6.09. The molecule has 3 rings (SSSR count). The largest absolute Gasteiger partial charge is 0.495 e. The molecule has 104 valence electrons. The smallest absolute Gasteiger partial charge is 0.143 e. The summed E-state index contributed by atoms with van der Waals surface area (Å²) >= 11 is 0. The fraction of sp³-hybridized carbons (Fsp3) is 0.267. The van der Waals surface area contributed by atoms with Crippen molar-refractivity contribution in [3.05, 3.63) is 30.1 Å². The predicted octanol–water partition coefficient (Wildman–Crippen LogP) is 2.48. The van der Waals surface area contributed by atoms with E-state index in [2.05, 4.69) is 22.7 Å². The summed E-state index contributed by atoms with van der Waals surface area (Å²) in [5, 5.41) is 5.37. The minimum absolute atomic E-state index is 0.686. The van der Waals surface area contributed by atoms with Crippen LogP contribution >= 0.6 is 0 Å². The van der Waals surface area contributed by atoms with Crippen LogP contribution in [0.1, 0.15) is 5.69 Å². The van der Waals surface area contributed by atoms with Crippen LogP contribution in [0.3, 0.4) is 0 Å². The first-order chi connectivity index (χ1) is 9.56. The molecule has 0 fully saturated rings. The SMILES string of the molecule is COc1cccc2c(-c3c(N)cnn3C)c(C)n(C)c12. The van der Waals surface area contributed by atoms with Gasteiger partial charge in [0, 0.05) is 30.7 Å². The van der Waals surface area contributed by atoms with Gasteiger partial charge in [-0.05, 0) is 13.0 Å². The molecule has 0 bridgehead atoms. The summed E-state index contributed by atoms with van der Waals surface area (Å²) in [6, 6.07) is 6.06. The molecule has 2 aromatic heterocycles. The van der Waals surface area contributed by atoms with E-state index in [4.69, 9.17) is 10.5 Å². The maximum absolute atomic E-state index is 6.09. The molecule has 0 unspecified atom stereocenters. The van der Waals surface area contributed by atoms with Gasteiger partial charge in [-0.1, -0.05) is 12.1 Å². The molecular weight excluding hydrogens is 252 g/mol. The highest BCUT2D eigenvalue weighted by Crippen LogP contribution is 2.39. The second-order valence-corrected chi connectivity index (χ2v) is 4.95. The van der Waals surface area contributed by atoms with Crippen LogP contribution in [0, 0.1) is 6.92 Å². The normalized spacial score (nSPS) is 11.2. The second-order valence-electron chi connectivity index (χ2n) is 4.95.